The highest BCUT2D eigenvalue weighted by Gasteiger charge is 2.12. The summed E-state index contributed by atoms with van der Waals surface area (Å²) in [4.78, 5) is 4.66. The van der Waals surface area contributed by atoms with Crippen LogP contribution in [0.2, 0.25) is 0 Å². The molecule has 1 aromatic carbocycles. The number of aryl methyl sites for hydroxylation is 3. The number of aliphatic imine (C=N–C) groups is 1. The molecule has 2 aromatic rings. The summed E-state index contributed by atoms with van der Waals surface area (Å²) in [6.07, 6.45) is 1.85. The lowest BCUT2D eigenvalue weighted by atomic mass is 10.1. The monoisotopic (exact) mass is 371 g/mol. The minimum Gasteiger partial charge on any atom is -0.454 e. The van der Waals surface area contributed by atoms with E-state index in [-0.39, 0.29) is 0 Å². The van der Waals surface area contributed by atoms with Gasteiger partial charge in [-0.05, 0) is 57.4 Å². The molecule has 0 saturated heterocycles. The van der Waals surface area contributed by atoms with E-state index in [4.69, 9.17) is 9.47 Å². The number of hydrogen-bond acceptors (Lipinski definition) is 4. The van der Waals surface area contributed by atoms with E-state index in [9.17, 15) is 0 Å². The molecule has 0 unspecified atom stereocenters. The maximum atomic E-state index is 5.43. The second-order valence-electron chi connectivity index (χ2n) is 6.63. The Bertz CT molecular complexity index is 785. The summed E-state index contributed by atoms with van der Waals surface area (Å²) in [6, 6.07) is 8.19. The van der Waals surface area contributed by atoms with Crippen LogP contribution in [0.25, 0.3) is 0 Å². The fourth-order valence-electron chi connectivity index (χ4n) is 3.08. The summed E-state index contributed by atoms with van der Waals surface area (Å²) >= 11 is 0. The molecule has 1 aromatic heterocycles. The third-order valence-corrected chi connectivity index (χ3v) is 4.39. The number of benzene rings is 1. The fraction of sp³-hybridized carbons (Fsp3) is 0.500. The van der Waals surface area contributed by atoms with Crippen LogP contribution in [0, 0.1) is 13.8 Å². The van der Waals surface area contributed by atoms with E-state index >= 15 is 0 Å². The predicted octanol–water partition coefficient (Wildman–Crippen LogP) is 2.42. The summed E-state index contributed by atoms with van der Waals surface area (Å²) in [5, 5.41) is 11.2. The molecule has 2 N–H and O–H groups in total. The third-order valence-electron chi connectivity index (χ3n) is 4.39. The molecule has 0 atom stereocenters. The van der Waals surface area contributed by atoms with Crippen molar-refractivity contribution < 1.29 is 9.47 Å². The fourth-order valence-corrected chi connectivity index (χ4v) is 3.08. The molecule has 0 aliphatic carbocycles. The van der Waals surface area contributed by atoms with Gasteiger partial charge in [0.25, 0.3) is 0 Å². The standard InChI is InChI=1S/C20H29N5O2/c1-4-21-20(22-9-5-11-25-16(3)12-15(2)24-25)23-10-8-17-6-7-18-19(13-17)27-14-26-18/h6-7,12-13H,4-5,8-11,14H2,1-3H3,(H2,21,22,23). The predicted molar refractivity (Wildman–Crippen MR) is 107 cm³/mol. The van der Waals surface area contributed by atoms with Crippen LogP contribution in [0.15, 0.2) is 29.3 Å². The zero-order valence-corrected chi connectivity index (χ0v) is 16.4. The van der Waals surface area contributed by atoms with Crippen molar-refractivity contribution in [1.82, 2.24) is 20.4 Å². The lowest BCUT2D eigenvalue weighted by Gasteiger charge is -2.11. The van der Waals surface area contributed by atoms with Gasteiger partial charge in [-0.3, -0.25) is 9.67 Å². The van der Waals surface area contributed by atoms with Crippen molar-refractivity contribution >= 4 is 5.96 Å². The van der Waals surface area contributed by atoms with Gasteiger partial charge in [0.15, 0.2) is 17.5 Å². The Morgan fingerprint density at radius 3 is 2.81 bits per heavy atom. The van der Waals surface area contributed by atoms with Crippen molar-refractivity contribution in [3.05, 3.63) is 41.2 Å². The summed E-state index contributed by atoms with van der Waals surface area (Å²) in [7, 11) is 0. The Morgan fingerprint density at radius 2 is 2.04 bits per heavy atom. The largest absolute Gasteiger partial charge is 0.454 e. The molecule has 27 heavy (non-hydrogen) atoms. The van der Waals surface area contributed by atoms with Crippen LogP contribution < -0.4 is 20.1 Å². The lowest BCUT2D eigenvalue weighted by Crippen LogP contribution is -2.38. The van der Waals surface area contributed by atoms with Gasteiger partial charge in [0.05, 0.1) is 5.69 Å². The summed E-state index contributed by atoms with van der Waals surface area (Å²) in [5.74, 6) is 2.51. The van der Waals surface area contributed by atoms with Crippen molar-refractivity contribution in [2.75, 3.05) is 26.4 Å². The van der Waals surface area contributed by atoms with Crippen LogP contribution >= 0.6 is 0 Å². The zero-order chi connectivity index (χ0) is 19.1. The van der Waals surface area contributed by atoms with Crippen molar-refractivity contribution in [1.29, 1.82) is 0 Å². The van der Waals surface area contributed by atoms with Crippen molar-refractivity contribution in [2.45, 2.75) is 40.2 Å². The first-order chi connectivity index (χ1) is 13.2. The second kappa shape index (κ2) is 9.30. The SMILES string of the molecule is CCNC(=NCCCn1nc(C)cc1C)NCCc1ccc2c(c1)OCO2. The summed E-state index contributed by atoms with van der Waals surface area (Å²) < 4.78 is 12.8. The Hall–Kier alpha value is -2.70. The minimum absolute atomic E-state index is 0.311. The van der Waals surface area contributed by atoms with Gasteiger partial charge >= 0.3 is 0 Å². The van der Waals surface area contributed by atoms with Gasteiger partial charge in [0.2, 0.25) is 6.79 Å². The highest BCUT2D eigenvalue weighted by atomic mass is 16.7. The third kappa shape index (κ3) is 5.39. The van der Waals surface area contributed by atoms with Gasteiger partial charge in [-0.2, -0.15) is 5.10 Å². The first kappa shape index (κ1) is 19.1. The smallest absolute Gasteiger partial charge is 0.231 e. The van der Waals surface area contributed by atoms with E-state index in [1.54, 1.807) is 0 Å². The van der Waals surface area contributed by atoms with Gasteiger partial charge < -0.3 is 20.1 Å². The molecule has 0 radical (unpaired) electrons. The average molecular weight is 371 g/mol. The van der Waals surface area contributed by atoms with Gasteiger partial charge in [-0.1, -0.05) is 6.07 Å². The van der Waals surface area contributed by atoms with Gasteiger partial charge in [-0.25, -0.2) is 0 Å². The number of nitrogens with one attached hydrogen (secondary N) is 2. The quantitative estimate of drug-likeness (QED) is 0.424. The number of fused-ring (bicyclic) bond motifs is 1. The number of nitrogens with zero attached hydrogens (tertiary/aromatic N) is 3. The van der Waals surface area contributed by atoms with E-state index in [0.717, 1.165) is 62.2 Å². The molecule has 0 bridgehead atoms. The first-order valence-electron chi connectivity index (χ1n) is 9.57. The Labute approximate surface area is 160 Å². The van der Waals surface area contributed by atoms with Crippen LogP contribution in [-0.2, 0) is 13.0 Å². The Morgan fingerprint density at radius 1 is 1.19 bits per heavy atom. The average Bonchev–Trinajstić information content (AvgIpc) is 3.24. The lowest BCUT2D eigenvalue weighted by molar-refractivity contribution is 0.174. The Kier molecular flexibility index (Phi) is 6.57. The maximum Gasteiger partial charge on any atom is 0.231 e. The van der Waals surface area contributed by atoms with E-state index < -0.39 is 0 Å². The van der Waals surface area contributed by atoms with E-state index in [2.05, 4.69) is 46.7 Å². The van der Waals surface area contributed by atoms with Crippen LogP contribution in [0.1, 0.15) is 30.3 Å². The molecule has 3 rings (SSSR count). The number of ether oxygens (including phenoxy) is 2. The van der Waals surface area contributed by atoms with Crippen LogP contribution in [-0.4, -0.2) is 42.2 Å². The Balaban J connectivity index is 1.43. The molecule has 146 valence electrons. The maximum absolute atomic E-state index is 5.43. The van der Waals surface area contributed by atoms with E-state index in [0.29, 0.717) is 6.79 Å². The molecule has 1 aliphatic rings. The minimum atomic E-state index is 0.311. The van der Waals surface area contributed by atoms with Crippen molar-refractivity contribution in [2.24, 2.45) is 4.99 Å². The number of hydrogen-bond donors (Lipinski definition) is 2. The second-order valence-corrected chi connectivity index (χ2v) is 6.63. The molecule has 2 heterocycles. The van der Waals surface area contributed by atoms with Gasteiger partial charge in [0, 0.05) is 31.9 Å². The van der Waals surface area contributed by atoms with Crippen molar-refractivity contribution in [3.63, 3.8) is 0 Å². The van der Waals surface area contributed by atoms with E-state index in [1.807, 2.05) is 23.7 Å². The van der Waals surface area contributed by atoms with Crippen LogP contribution in [0.3, 0.4) is 0 Å². The highest BCUT2D eigenvalue weighted by molar-refractivity contribution is 5.79. The normalized spacial score (nSPS) is 13.1. The molecular weight excluding hydrogens is 342 g/mol. The zero-order valence-electron chi connectivity index (χ0n) is 16.4. The van der Waals surface area contributed by atoms with Gasteiger partial charge in [-0.15, -0.1) is 0 Å². The van der Waals surface area contributed by atoms with E-state index in [1.165, 1.54) is 11.3 Å². The molecular formula is C20H29N5O2. The van der Waals surface area contributed by atoms with Crippen LogP contribution in [0.4, 0.5) is 0 Å². The number of rotatable bonds is 8. The van der Waals surface area contributed by atoms with Gasteiger partial charge in [0.1, 0.15) is 0 Å². The summed E-state index contributed by atoms with van der Waals surface area (Å²) in [5.41, 5.74) is 3.48. The summed E-state index contributed by atoms with van der Waals surface area (Å²) in [6.45, 7) is 9.80. The molecule has 0 amide bonds. The number of guanidine groups is 1. The molecule has 7 heteroatoms. The van der Waals surface area contributed by atoms with Crippen molar-refractivity contribution in [3.8, 4) is 11.5 Å². The van der Waals surface area contributed by atoms with Crippen LogP contribution in [0.5, 0.6) is 11.5 Å². The number of aromatic nitrogens is 2. The highest BCUT2D eigenvalue weighted by Crippen LogP contribution is 2.32. The topological polar surface area (TPSA) is 72.7 Å². The molecule has 0 spiro atoms. The molecule has 0 saturated carbocycles. The molecule has 0 fully saturated rings. The molecule has 7 nitrogen and oxygen atoms in total. The molecule has 1 aliphatic heterocycles. The first-order valence-corrected chi connectivity index (χ1v) is 9.57.